The average molecular weight is 219 g/mol. The van der Waals surface area contributed by atoms with E-state index in [1.54, 1.807) is 25.5 Å². The first kappa shape index (κ1) is 10.9. The molecule has 1 aromatic rings. The molecule has 0 aromatic carbocycles. The summed E-state index contributed by atoms with van der Waals surface area (Å²) in [5.41, 5.74) is 1.43. The molecule has 1 saturated carbocycles. The second kappa shape index (κ2) is 4.51. The number of hydrogen-bond acceptors (Lipinski definition) is 3. The summed E-state index contributed by atoms with van der Waals surface area (Å²) in [5.74, 6) is 1.38. The maximum absolute atomic E-state index is 11.9. The lowest BCUT2D eigenvalue weighted by molar-refractivity contribution is 0.0952. The van der Waals surface area contributed by atoms with Crippen LogP contribution >= 0.6 is 0 Å². The molecule has 0 aliphatic heterocycles. The van der Waals surface area contributed by atoms with Crippen LogP contribution in [0.3, 0.4) is 0 Å². The Balaban J connectivity index is 1.97. The number of carbonyl (C=O) groups is 1. The number of hydrogen-bond donors (Lipinski definition) is 2. The van der Waals surface area contributed by atoms with Gasteiger partial charge in [-0.2, -0.15) is 0 Å². The lowest BCUT2D eigenvalue weighted by Crippen LogP contribution is -2.26. The van der Waals surface area contributed by atoms with Crippen LogP contribution in [0.25, 0.3) is 0 Å². The van der Waals surface area contributed by atoms with E-state index in [-0.39, 0.29) is 5.91 Å². The minimum Gasteiger partial charge on any atom is -0.387 e. The standard InChI is InChI=1S/C12H17N3O/c1-8-5-9(8)6-15-12(16)10-7-14-4-3-11(10)13-2/h3-4,7-9H,5-6H2,1-2H3,(H,13,14)(H,15,16). The van der Waals surface area contributed by atoms with Crippen LogP contribution in [0, 0.1) is 11.8 Å². The van der Waals surface area contributed by atoms with E-state index in [1.165, 1.54) is 6.42 Å². The molecule has 2 atom stereocenters. The van der Waals surface area contributed by atoms with Crippen molar-refractivity contribution in [2.24, 2.45) is 11.8 Å². The van der Waals surface area contributed by atoms with Gasteiger partial charge in [0.25, 0.3) is 5.91 Å². The minimum atomic E-state index is -0.0449. The number of rotatable bonds is 4. The molecule has 0 saturated heterocycles. The van der Waals surface area contributed by atoms with Gasteiger partial charge in [0, 0.05) is 31.7 Å². The Morgan fingerprint density at radius 2 is 2.38 bits per heavy atom. The van der Waals surface area contributed by atoms with Gasteiger partial charge in [-0.15, -0.1) is 0 Å². The lowest BCUT2D eigenvalue weighted by Gasteiger charge is -2.08. The first-order valence-electron chi connectivity index (χ1n) is 5.62. The predicted molar refractivity (Wildman–Crippen MR) is 63.4 cm³/mol. The molecule has 1 fully saturated rings. The second-order valence-electron chi connectivity index (χ2n) is 4.35. The van der Waals surface area contributed by atoms with Crippen molar-refractivity contribution in [3.63, 3.8) is 0 Å². The topological polar surface area (TPSA) is 54.0 Å². The molecule has 0 bridgehead atoms. The van der Waals surface area contributed by atoms with E-state index in [4.69, 9.17) is 0 Å². The first-order valence-corrected chi connectivity index (χ1v) is 5.62. The van der Waals surface area contributed by atoms with Crippen LogP contribution in [-0.4, -0.2) is 24.5 Å². The van der Waals surface area contributed by atoms with E-state index in [0.29, 0.717) is 11.5 Å². The smallest absolute Gasteiger partial charge is 0.254 e. The first-order chi connectivity index (χ1) is 7.72. The minimum absolute atomic E-state index is 0.0449. The van der Waals surface area contributed by atoms with Crippen molar-refractivity contribution in [1.82, 2.24) is 10.3 Å². The molecule has 2 rings (SSSR count). The Morgan fingerprint density at radius 3 is 3.00 bits per heavy atom. The highest BCUT2D eigenvalue weighted by atomic mass is 16.1. The van der Waals surface area contributed by atoms with Crippen LogP contribution in [0.1, 0.15) is 23.7 Å². The van der Waals surface area contributed by atoms with E-state index in [0.717, 1.165) is 18.2 Å². The van der Waals surface area contributed by atoms with Crippen LogP contribution < -0.4 is 10.6 Å². The number of nitrogens with one attached hydrogen (secondary N) is 2. The highest BCUT2D eigenvalue weighted by Crippen LogP contribution is 2.36. The van der Waals surface area contributed by atoms with Crippen LogP contribution in [0.5, 0.6) is 0 Å². The summed E-state index contributed by atoms with van der Waals surface area (Å²) >= 11 is 0. The van der Waals surface area contributed by atoms with Crippen LogP contribution in [0.4, 0.5) is 5.69 Å². The summed E-state index contributed by atoms with van der Waals surface area (Å²) in [6.07, 6.45) is 4.50. The zero-order valence-corrected chi connectivity index (χ0v) is 9.66. The van der Waals surface area contributed by atoms with Gasteiger partial charge in [-0.05, 0) is 24.3 Å². The third-order valence-corrected chi connectivity index (χ3v) is 3.14. The van der Waals surface area contributed by atoms with Gasteiger partial charge >= 0.3 is 0 Å². The van der Waals surface area contributed by atoms with Crippen molar-refractivity contribution < 1.29 is 4.79 Å². The largest absolute Gasteiger partial charge is 0.387 e. The fourth-order valence-corrected chi connectivity index (χ4v) is 1.80. The Morgan fingerprint density at radius 1 is 1.62 bits per heavy atom. The Kier molecular flexibility index (Phi) is 3.08. The van der Waals surface area contributed by atoms with Gasteiger partial charge in [0.05, 0.1) is 5.56 Å². The van der Waals surface area contributed by atoms with Crippen molar-refractivity contribution in [2.75, 3.05) is 18.9 Å². The second-order valence-corrected chi connectivity index (χ2v) is 4.35. The van der Waals surface area contributed by atoms with Gasteiger partial charge in [0.1, 0.15) is 0 Å². The Hall–Kier alpha value is -1.58. The number of anilines is 1. The van der Waals surface area contributed by atoms with Crippen molar-refractivity contribution in [2.45, 2.75) is 13.3 Å². The molecular formula is C12H17N3O. The summed E-state index contributed by atoms with van der Waals surface area (Å²) in [7, 11) is 1.80. The van der Waals surface area contributed by atoms with Gasteiger partial charge in [-0.3, -0.25) is 9.78 Å². The van der Waals surface area contributed by atoms with E-state index >= 15 is 0 Å². The van der Waals surface area contributed by atoms with Gasteiger partial charge in [-0.1, -0.05) is 6.92 Å². The summed E-state index contributed by atoms with van der Waals surface area (Å²) in [5, 5.41) is 5.93. The lowest BCUT2D eigenvalue weighted by atomic mass is 10.2. The van der Waals surface area contributed by atoms with Gasteiger partial charge in [-0.25, -0.2) is 0 Å². The van der Waals surface area contributed by atoms with E-state index < -0.39 is 0 Å². The average Bonchev–Trinajstić information content (AvgIpc) is 3.02. The molecule has 1 aliphatic rings. The van der Waals surface area contributed by atoms with Crippen molar-refractivity contribution in [3.8, 4) is 0 Å². The zero-order valence-electron chi connectivity index (χ0n) is 9.66. The molecule has 0 radical (unpaired) electrons. The van der Waals surface area contributed by atoms with Crippen LogP contribution in [0.15, 0.2) is 18.5 Å². The summed E-state index contributed by atoms with van der Waals surface area (Å²) in [4.78, 5) is 15.8. The van der Waals surface area contributed by atoms with E-state index in [9.17, 15) is 4.79 Å². The number of carbonyl (C=O) groups excluding carboxylic acids is 1. The SMILES string of the molecule is CNc1ccncc1C(=O)NCC1CC1C. The molecule has 2 N–H and O–H groups in total. The predicted octanol–water partition coefficient (Wildman–Crippen LogP) is 1.51. The maximum Gasteiger partial charge on any atom is 0.254 e. The molecule has 2 unspecified atom stereocenters. The monoisotopic (exact) mass is 219 g/mol. The third kappa shape index (κ3) is 2.32. The van der Waals surface area contributed by atoms with Gasteiger partial charge < -0.3 is 10.6 Å². The van der Waals surface area contributed by atoms with E-state index in [1.807, 2.05) is 0 Å². The molecular weight excluding hydrogens is 202 g/mol. The molecule has 1 aromatic heterocycles. The van der Waals surface area contributed by atoms with Crippen LogP contribution in [-0.2, 0) is 0 Å². The summed E-state index contributed by atoms with van der Waals surface area (Å²) in [6, 6.07) is 1.80. The number of aromatic nitrogens is 1. The van der Waals surface area contributed by atoms with Crippen molar-refractivity contribution >= 4 is 11.6 Å². The molecule has 1 heterocycles. The van der Waals surface area contributed by atoms with Crippen molar-refractivity contribution in [3.05, 3.63) is 24.0 Å². The van der Waals surface area contributed by atoms with Crippen molar-refractivity contribution in [1.29, 1.82) is 0 Å². The molecule has 16 heavy (non-hydrogen) atoms. The Bertz CT molecular complexity index is 392. The number of nitrogens with zero attached hydrogens (tertiary/aromatic N) is 1. The summed E-state index contributed by atoms with van der Waals surface area (Å²) in [6.45, 7) is 2.98. The van der Waals surface area contributed by atoms with Gasteiger partial charge in [0.2, 0.25) is 0 Å². The quantitative estimate of drug-likeness (QED) is 0.807. The highest BCUT2D eigenvalue weighted by molar-refractivity contribution is 5.99. The molecule has 1 aliphatic carbocycles. The number of pyridine rings is 1. The number of amides is 1. The fourth-order valence-electron chi connectivity index (χ4n) is 1.80. The molecule has 4 nitrogen and oxygen atoms in total. The van der Waals surface area contributed by atoms with Crippen LogP contribution in [0.2, 0.25) is 0 Å². The zero-order chi connectivity index (χ0) is 11.5. The maximum atomic E-state index is 11.9. The normalized spacial score (nSPS) is 22.6. The Labute approximate surface area is 95.5 Å². The third-order valence-electron chi connectivity index (χ3n) is 3.14. The summed E-state index contributed by atoms with van der Waals surface area (Å²) < 4.78 is 0. The van der Waals surface area contributed by atoms with E-state index in [2.05, 4.69) is 22.5 Å². The molecule has 4 heteroatoms. The fraction of sp³-hybridized carbons (Fsp3) is 0.500. The molecule has 86 valence electrons. The molecule has 0 spiro atoms. The molecule has 1 amide bonds. The van der Waals surface area contributed by atoms with Gasteiger partial charge in [0.15, 0.2) is 0 Å². The highest BCUT2D eigenvalue weighted by Gasteiger charge is 2.32.